The number of imidazole rings is 1. The summed E-state index contributed by atoms with van der Waals surface area (Å²) in [6.45, 7) is 15.1. The summed E-state index contributed by atoms with van der Waals surface area (Å²) in [4.78, 5) is 0. The molecule has 1 aromatic carbocycles. The summed E-state index contributed by atoms with van der Waals surface area (Å²) in [5, 5.41) is 0. The van der Waals surface area contributed by atoms with E-state index >= 15 is 0 Å². The summed E-state index contributed by atoms with van der Waals surface area (Å²) in [6, 6.07) is 10.4. The molecule has 0 bridgehead atoms. The van der Waals surface area contributed by atoms with Crippen molar-refractivity contribution >= 4 is 7.26 Å². The Morgan fingerprint density at radius 1 is 0.848 bits per heavy atom. The Balaban J connectivity index is 2.10. The van der Waals surface area contributed by atoms with Crippen LogP contribution in [-0.2, 0) is 12.7 Å². The fourth-order valence-corrected chi connectivity index (χ4v) is 10.3. The summed E-state index contributed by atoms with van der Waals surface area (Å²) >= 11 is 0. The second kappa shape index (κ2) is 15.0. The van der Waals surface area contributed by atoms with Crippen molar-refractivity contribution in [1.82, 2.24) is 4.57 Å². The number of hydrogen-bond donors (Lipinski definition) is 0. The minimum Gasteiger partial charge on any atom is -0.237 e. The zero-order chi connectivity index (χ0) is 24.1. The predicted octanol–water partition coefficient (Wildman–Crippen LogP) is 8.86. The van der Waals surface area contributed by atoms with Gasteiger partial charge in [-0.3, -0.25) is 0 Å². The van der Waals surface area contributed by atoms with E-state index in [9.17, 15) is 0 Å². The lowest BCUT2D eigenvalue weighted by Gasteiger charge is -2.28. The average Bonchev–Trinajstić information content (AvgIpc) is 3.33. The quantitative estimate of drug-likeness (QED) is 0.161. The highest BCUT2D eigenvalue weighted by Crippen LogP contribution is 2.63. The zero-order valence-electron chi connectivity index (χ0n) is 22.7. The number of rotatable bonds is 17. The van der Waals surface area contributed by atoms with Crippen molar-refractivity contribution in [1.29, 1.82) is 0 Å². The van der Waals surface area contributed by atoms with Gasteiger partial charge in [0.25, 0.3) is 0 Å². The van der Waals surface area contributed by atoms with E-state index in [2.05, 4.69) is 93.7 Å². The third-order valence-corrected chi connectivity index (χ3v) is 12.5. The Labute approximate surface area is 206 Å². The van der Waals surface area contributed by atoms with Crippen molar-refractivity contribution in [2.24, 2.45) is 0 Å². The maximum absolute atomic E-state index is 2.48. The van der Waals surface area contributed by atoms with Gasteiger partial charge in [0.05, 0.1) is 31.2 Å². The minimum absolute atomic E-state index is 0.572. The van der Waals surface area contributed by atoms with Gasteiger partial charge in [-0.15, -0.1) is 0 Å². The van der Waals surface area contributed by atoms with E-state index in [1.54, 1.807) is 5.56 Å². The second-order valence-electron chi connectivity index (χ2n) is 10.4. The van der Waals surface area contributed by atoms with Crippen LogP contribution in [0.15, 0.2) is 43.0 Å². The van der Waals surface area contributed by atoms with Gasteiger partial charge in [0, 0.05) is 7.26 Å². The maximum atomic E-state index is 2.48. The highest BCUT2D eigenvalue weighted by Gasteiger charge is 2.35. The van der Waals surface area contributed by atoms with E-state index < -0.39 is 7.26 Å². The van der Waals surface area contributed by atoms with Crippen LogP contribution >= 0.6 is 7.26 Å². The lowest BCUT2D eigenvalue weighted by molar-refractivity contribution is -0.693. The Hall–Kier alpha value is -1.14. The number of hydrogen-bond acceptors (Lipinski definition) is 0. The smallest absolute Gasteiger partial charge is 0.237 e. The molecule has 0 fully saturated rings. The molecule has 0 amide bonds. The van der Waals surface area contributed by atoms with Crippen molar-refractivity contribution in [3.8, 4) is 0 Å². The van der Waals surface area contributed by atoms with Gasteiger partial charge in [-0.2, -0.15) is 0 Å². The van der Waals surface area contributed by atoms with Gasteiger partial charge in [-0.05, 0) is 56.1 Å². The van der Waals surface area contributed by atoms with Crippen molar-refractivity contribution in [3.63, 3.8) is 0 Å². The van der Waals surface area contributed by atoms with Crippen molar-refractivity contribution in [3.05, 3.63) is 54.1 Å². The molecular formula is C30H53N2P+2. The molecule has 0 aliphatic heterocycles. The summed E-state index contributed by atoms with van der Waals surface area (Å²) in [5.74, 6) is 0.585. The molecule has 2 atom stereocenters. The van der Waals surface area contributed by atoms with E-state index in [-0.39, 0.29) is 0 Å². The molecule has 186 valence electrons. The van der Waals surface area contributed by atoms with Gasteiger partial charge < -0.3 is 0 Å². The number of nitrogens with zero attached hydrogens (tertiary/aromatic N) is 2. The Morgan fingerprint density at radius 2 is 1.42 bits per heavy atom. The minimum atomic E-state index is -0.880. The Kier molecular flexibility index (Phi) is 12.8. The van der Waals surface area contributed by atoms with Crippen LogP contribution in [-0.4, -0.2) is 23.1 Å². The molecule has 2 rings (SSSR count). The summed E-state index contributed by atoms with van der Waals surface area (Å²) in [5.41, 5.74) is 3.11. The third kappa shape index (κ3) is 8.86. The molecule has 0 N–H and O–H groups in total. The van der Waals surface area contributed by atoms with Gasteiger partial charge >= 0.3 is 0 Å². The van der Waals surface area contributed by atoms with Crippen LogP contribution in [0.1, 0.15) is 116 Å². The van der Waals surface area contributed by atoms with Crippen LogP contribution in [0, 0.1) is 0 Å². The molecule has 0 radical (unpaired) electrons. The Morgan fingerprint density at radius 3 is 1.88 bits per heavy atom. The topological polar surface area (TPSA) is 8.81 Å². The molecule has 2 nitrogen and oxygen atoms in total. The molecule has 1 aromatic heterocycles. The van der Waals surface area contributed by atoms with Gasteiger partial charge in [0.1, 0.15) is 18.4 Å². The molecule has 0 saturated carbocycles. The second-order valence-corrected chi connectivity index (χ2v) is 14.7. The standard InChI is InChI=1S/C30H53N2P/c1-7-12-21-33(22-13-8-2,23-14-9-3)25-28-15-17-29(18-16-28)27(6)24-30(10-4)32-20-19-31(11-5)26-32/h15-20,26-27,30H,7-14,21-25H2,1-6H3/q+2. The SMILES string of the molecule is CCCC[P+](CCCC)(CCCC)Cc1ccc(C(C)CC(CC)n2cc[n+](CC)c2)cc1. The molecule has 0 spiro atoms. The number of aromatic nitrogens is 2. The summed E-state index contributed by atoms with van der Waals surface area (Å²) in [7, 11) is -0.880. The lowest BCUT2D eigenvalue weighted by atomic mass is 9.92. The third-order valence-electron chi connectivity index (χ3n) is 7.62. The molecule has 1 heterocycles. The van der Waals surface area contributed by atoms with Crippen LogP contribution in [0.3, 0.4) is 0 Å². The average molecular weight is 473 g/mol. The van der Waals surface area contributed by atoms with Crippen LogP contribution in [0.5, 0.6) is 0 Å². The monoisotopic (exact) mass is 472 g/mol. The summed E-state index contributed by atoms with van der Waals surface area (Å²) < 4.78 is 4.69. The van der Waals surface area contributed by atoms with Gasteiger partial charge in [0.15, 0.2) is 0 Å². The van der Waals surface area contributed by atoms with Crippen molar-refractivity contribution < 1.29 is 4.57 Å². The van der Waals surface area contributed by atoms with Crippen LogP contribution < -0.4 is 4.57 Å². The molecule has 0 aliphatic rings. The van der Waals surface area contributed by atoms with Crippen molar-refractivity contribution in [2.75, 3.05) is 18.5 Å². The molecule has 0 saturated heterocycles. The lowest BCUT2D eigenvalue weighted by Crippen LogP contribution is -2.29. The first-order valence-electron chi connectivity index (χ1n) is 14.0. The maximum Gasteiger partial charge on any atom is 0.243 e. The fraction of sp³-hybridized carbons (Fsp3) is 0.700. The molecule has 0 aliphatic carbocycles. The first kappa shape index (κ1) is 28.1. The molecule has 33 heavy (non-hydrogen) atoms. The first-order chi connectivity index (χ1) is 16.0. The van der Waals surface area contributed by atoms with Crippen molar-refractivity contribution in [2.45, 2.75) is 118 Å². The largest absolute Gasteiger partial charge is 0.243 e. The van der Waals surface area contributed by atoms with E-state index in [4.69, 9.17) is 0 Å². The van der Waals surface area contributed by atoms with E-state index in [1.165, 1.54) is 81.6 Å². The fourth-order valence-electron chi connectivity index (χ4n) is 5.25. The van der Waals surface area contributed by atoms with Crippen LogP contribution in [0.2, 0.25) is 0 Å². The molecule has 3 heteroatoms. The molecule has 2 unspecified atom stereocenters. The number of aryl methyl sites for hydroxylation is 1. The van der Waals surface area contributed by atoms with Gasteiger partial charge in [-0.25, -0.2) is 9.13 Å². The predicted molar refractivity (Wildman–Crippen MR) is 149 cm³/mol. The van der Waals surface area contributed by atoms with Gasteiger partial charge in [0.2, 0.25) is 6.33 Å². The zero-order valence-corrected chi connectivity index (χ0v) is 23.6. The summed E-state index contributed by atoms with van der Waals surface area (Å²) in [6.07, 6.45) is 23.3. The normalized spacial score (nSPS) is 13.9. The Bertz CT molecular complexity index is 742. The highest BCUT2D eigenvalue weighted by atomic mass is 31.2. The van der Waals surface area contributed by atoms with E-state index in [0.29, 0.717) is 12.0 Å². The van der Waals surface area contributed by atoms with Crippen LogP contribution in [0.25, 0.3) is 0 Å². The number of benzene rings is 1. The molecular weight excluding hydrogens is 419 g/mol. The van der Waals surface area contributed by atoms with Gasteiger partial charge in [-0.1, -0.05) is 78.1 Å². The first-order valence-corrected chi connectivity index (χ1v) is 16.5. The van der Waals surface area contributed by atoms with Crippen LogP contribution in [0.4, 0.5) is 0 Å². The van der Waals surface area contributed by atoms with E-state index in [1.807, 2.05) is 0 Å². The highest BCUT2D eigenvalue weighted by molar-refractivity contribution is 7.75. The van der Waals surface area contributed by atoms with E-state index in [0.717, 1.165) is 6.54 Å². The molecule has 2 aromatic rings. The number of unbranched alkanes of at least 4 members (excludes halogenated alkanes) is 3.